The van der Waals surface area contributed by atoms with Gasteiger partial charge in [0.1, 0.15) is 0 Å². The van der Waals surface area contributed by atoms with Crippen LogP contribution in [0.2, 0.25) is 0 Å². The summed E-state index contributed by atoms with van der Waals surface area (Å²) in [4.78, 5) is 0. The Hall–Kier alpha value is -2.13. The first kappa shape index (κ1) is 13.8. The van der Waals surface area contributed by atoms with Crippen molar-refractivity contribution >= 4 is 10.9 Å². The maximum absolute atomic E-state index is 4.13. The van der Waals surface area contributed by atoms with Gasteiger partial charge in [-0.25, -0.2) is 0 Å². The molecule has 2 N–H and O–H groups in total. The van der Waals surface area contributed by atoms with Crippen molar-refractivity contribution in [1.82, 2.24) is 15.5 Å². The molecule has 3 nitrogen and oxygen atoms in total. The van der Waals surface area contributed by atoms with Crippen molar-refractivity contribution in [3.05, 3.63) is 64.8 Å². The van der Waals surface area contributed by atoms with Crippen molar-refractivity contribution in [1.29, 1.82) is 0 Å². The summed E-state index contributed by atoms with van der Waals surface area (Å²) < 4.78 is 0. The van der Waals surface area contributed by atoms with E-state index in [0.717, 1.165) is 17.4 Å². The minimum Gasteiger partial charge on any atom is -0.306 e. The molecule has 21 heavy (non-hydrogen) atoms. The average molecular weight is 279 g/mol. The number of hydrogen-bond donors (Lipinski definition) is 2. The Morgan fingerprint density at radius 1 is 1.19 bits per heavy atom. The van der Waals surface area contributed by atoms with Crippen molar-refractivity contribution in [3.8, 4) is 0 Å². The third-order valence-corrected chi connectivity index (χ3v) is 4.07. The van der Waals surface area contributed by atoms with Gasteiger partial charge in [0.25, 0.3) is 0 Å². The van der Waals surface area contributed by atoms with Crippen LogP contribution in [-0.2, 0) is 6.54 Å². The molecule has 0 amide bonds. The standard InChI is InChI=1S/C18H21N3/c1-12-7-8-15(13(2)9-12)10-19-14(3)17-6-4-5-16-11-20-21-18(16)17/h4-9,11,14,19H,10H2,1-3H3,(H,20,21). The van der Waals surface area contributed by atoms with E-state index in [0.29, 0.717) is 0 Å². The van der Waals surface area contributed by atoms with Crippen molar-refractivity contribution in [3.63, 3.8) is 0 Å². The van der Waals surface area contributed by atoms with Gasteiger partial charge in [0.15, 0.2) is 0 Å². The maximum Gasteiger partial charge on any atom is 0.0697 e. The van der Waals surface area contributed by atoms with E-state index in [1.165, 1.54) is 22.3 Å². The van der Waals surface area contributed by atoms with Crippen molar-refractivity contribution in [2.24, 2.45) is 0 Å². The van der Waals surface area contributed by atoms with Crippen molar-refractivity contribution < 1.29 is 0 Å². The van der Waals surface area contributed by atoms with Crippen LogP contribution in [0, 0.1) is 13.8 Å². The van der Waals surface area contributed by atoms with E-state index < -0.39 is 0 Å². The monoisotopic (exact) mass is 279 g/mol. The minimum absolute atomic E-state index is 0.273. The van der Waals surface area contributed by atoms with Crippen molar-refractivity contribution in [2.75, 3.05) is 0 Å². The molecular formula is C18H21N3. The van der Waals surface area contributed by atoms with Gasteiger partial charge in [-0.05, 0) is 37.5 Å². The topological polar surface area (TPSA) is 40.7 Å². The molecule has 0 aliphatic carbocycles. The largest absolute Gasteiger partial charge is 0.306 e. The molecule has 0 aliphatic heterocycles. The molecule has 0 radical (unpaired) electrons. The van der Waals surface area contributed by atoms with Gasteiger partial charge < -0.3 is 5.32 Å². The highest BCUT2D eigenvalue weighted by Gasteiger charge is 2.10. The molecule has 0 bridgehead atoms. The summed E-state index contributed by atoms with van der Waals surface area (Å²) >= 11 is 0. The summed E-state index contributed by atoms with van der Waals surface area (Å²) in [6.45, 7) is 7.37. The number of aryl methyl sites for hydroxylation is 2. The van der Waals surface area contributed by atoms with E-state index in [2.05, 4.69) is 72.7 Å². The third kappa shape index (κ3) is 2.83. The number of hydrogen-bond acceptors (Lipinski definition) is 2. The molecule has 3 aromatic rings. The zero-order chi connectivity index (χ0) is 14.8. The smallest absolute Gasteiger partial charge is 0.0697 e. The number of H-pyrrole nitrogens is 1. The number of nitrogens with zero attached hydrogens (tertiary/aromatic N) is 1. The second-order valence-electron chi connectivity index (χ2n) is 5.71. The number of aromatic amines is 1. The van der Waals surface area contributed by atoms with E-state index >= 15 is 0 Å². The Kier molecular flexibility index (Phi) is 3.76. The van der Waals surface area contributed by atoms with Crippen LogP contribution in [0.5, 0.6) is 0 Å². The Balaban J connectivity index is 1.77. The summed E-state index contributed by atoms with van der Waals surface area (Å²) in [6, 6.07) is 13.2. The summed E-state index contributed by atoms with van der Waals surface area (Å²) in [5, 5.41) is 12.0. The fraction of sp³-hybridized carbons (Fsp3) is 0.278. The highest BCUT2D eigenvalue weighted by molar-refractivity contribution is 5.81. The molecule has 0 saturated carbocycles. The van der Waals surface area contributed by atoms with E-state index in [9.17, 15) is 0 Å². The predicted octanol–water partition coefficient (Wildman–Crippen LogP) is 4.03. The molecular weight excluding hydrogens is 258 g/mol. The van der Waals surface area contributed by atoms with E-state index in [4.69, 9.17) is 0 Å². The molecule has 0 fully saturated rings. The predicted molar refractivity (Wildman–Crippen MR) is 87.3 cm³/mol. The number of benzene rings is 2. The van der Waals surface area contributed by atoms with Gasteiger partial charge in [0, 0.05) is 18.0 Å². The van der Waals surface area contributed by atoms with Crippen LogP contribution in [0.3, 0.4) is 0 Å². The van der Waals surface area contributed by atoms with Crippen LogP contribution in [0.15, 0.2) is 42.6 Å². The van der Waals surface area contributed by atoms with Gasteiger partial charge in [0.05, 0.1) is 11.7 Å². The number of aromatic nitrogens is 2. The van der Waals surface area contributed by atoms with Crippen LogP contribution in [0.1, 0.15) is 35.2 Å². The van der Waals surface area contributed by atoms with E-state index in [-0.39, 0.29) is 6.04 Å². The number of para-hydroxylation sites is 1. The first-order valence-electron chi connectivity index (χ1n) is 7.36. The zero-order valence-corrected chi connectivity index (χ0v) is 12.8. The number of rotatable bonds is 4. The highest BCUT2D eigenvalue weighted by Crippen LogP contribution is 2.22. The highest BCUT2D eigenvalue weighted by atomic mass is 15.1. The fourth-order valence-corrected chi connectivity index (χ4v) is 2.77. The van der Waals surface area contributed by atoms with Gasteiger partial charge in [-0.15, -0.1) is 0 Å². The second-order valence-corrected chi connectivity index (χ2v) is 5.71. The lowest BCUT2D eigenvalue weighted by Gasteiger charge is -2.16. The summed E-state index contributed by atoms with van der Waals surface area (Å²) in [5.74, 6) is 0. The molecule has 3 heteroatoms. The quantitative estimate of drug-likeness (QED) is 0.757. The maximum atomic E-state index is 4.13. The van der Waals surface area contributed by atoms with Crippen LogP contribution in [0.25, 0.3) is 10.9 Å². The SMILES string of the molecule is Cc1ccc(CNC(C)c2cccc3cn[nH]c23)c(C)c1. The van der Waals surface area contributed by atoms with Gasteiger partial charge in [-0.1, -0.05) is 42.0 Å². The first-order valence-corrected chi connectivity index (χ1v) is 7.36. The van der Waals surface area contributed by atoms with Crippen LogP contribution < -0.4 is 5.32 Å². The Labute approximate surface area is 125 Å². The minimum atomic E-state index is 0.273. The Morgan fingerprint density at radius 2 is 2.05 bits per heavy atom. The Bertz CT molecular complexity index is 758. The van der Waals surface area contributed by atoms with Gasteiger partial charge >= 0.3 is 0 Å². The number of nitrogens with one attached hydrogen (secondary N) is 2. The van der Waals surface area contributed by atoms with Gasteiger partial charge in [-0.2, -0.15) is 5.10 Å². The van der Waals surface area contributed by atoms with Gasteiger partial charge in [-0.3, -0.25) is 5.10 Å². The molecule has 1 atom stereocenters. The molecule has 1 aromatic heterocycles. The average Bonchev–Trinajstić information content (AvgIpc) is 2.94. The molecule has 0 spiro atoms. The third-order valence-electron chi connectivity index (χ3n) is 4.07. The van der Waals surface area contributed by atoms with Crippen LogP contribution in [-0.4, -0.2) is 10.2 Å². The first-order chi connectivity index (χ1) is 10.1. The van der Waals surface area contributed by atoms with E-state index in [1.807, 2.05) is 6.20 Å². The molecule has 0 saturated heterocycles. The van der Waals surface area contributed by atoms with Crippen LogP contribution >= 0.6 is 0 Å². The van der Waals surface area contributed by atoms with E-state index in [1.54, 1.807) is 0 Å². The number of fused-ring (bicyclic) bond motifs is 1. The molecule has 108 valence electrons. The molecule has 1 heterocycles. The Morgan fingerprint density at radius 3 is 2.86 bits per heavy atom. The molecule has 2 aromatic carbocycles. The lowest BCUT2D eigenvalue weighted by Crippen LogP contribution is -2.19. The second kappa shape index (κ2) is 5.70. The summed E-state index contributed by atoms with van der Waals surface area (Å²) in [7, 11) is 0. The molecule has 3 rings (SSSR count). The normalized spacial score (nSPS) is 12.7. The molecule has 0 aliphatic rings. The van der Waals surface area contributed by atoms with Gasteiger partial charge in [0.2, 0.25) is 0 Å². The molecule has 1 unspecified atom stereocenters. The lowest BCUT2D eigenvalue weighted by molar-refractivity contribution is 0.576. The zero-order valence-electron chi connectivity index (χ0n) is 12.8. The summed E-state index contributed by atoms with van der Waals surface area (Å²) in [5.41, 5.74) is 6.39. The lowest BCUT2D eigenvalue weighted by atomic mass is 10.0. The summed E-state index contributed by atoms with van der Waals surface area (Å²) in [6.07, 6.45) is 1.87. The van der Waals surface area contributed by atoms with Crippen LogP contribution in [0.4, 0.5) is 0 Å². The van der Waals surface area contributed by atoms with Crippen molar-refractivity contribution in [2.45, 2.75) is 33.4 Å². The fourth-order valence-electron chi connectivity index (χ4n) is 2.77.